The number of aliphatic carboxylic acids is 1. The van der Waals surface area contributed by atoms with Crippen molar-refractivity contribution in [2.75, 3.05) is 31.2 Å². The van der Waals surface area contributed by atoms with Crippen molar-refractivity contribution < 1.29 is 34.1 Å². The summed E-state index contributed by atoms with van der Waals surface area (Å²) in [6.07, 6.45) is 1.58. The molecule has 3 saturated heterocycles. The fourth-order valence-corrected chi connectivity index (χ4v) is 7.87. The summed E-state index contributed by atoms with van der Waals surface area (Å²) in [5.41, 5.74) is 6.17. The van der Waals surface area contributed by atoms with Gasteiger partial charge in [-0.05, 0) is 71.3 Å². The number of para-hydroxylation sites is 1. The first kappa shape index (κ1) is 37.3. The number of benzene rings is 4. The number of hydrogen-bond donors (Lipinski definition) is 4. The normalized spacial score (nSPS) is 21.2. The summed E-state index contributed by atoms with van der Waals surface area (Å²) in [6, 6.07) is 34.2. The average molecular weight is 733 g/mol. The first-order valence-electron chi connectivity index (χ1n) is 18.8. The molecule has 2 amide bonds. The zero-order valence-corrected chi connectivity index (χ0v) is 30.4. The zero-order chi connectivity index (χ0) is 37.5. The Morgan fingerprint density at radius 1 is 0.833 bits per heavy atom. The largest absolute Gasteiger partial charge is 0.481 e. The molecule has 11 nitrogen and oxygen atoms in total. The Morgan fingerprint density at radius 3 is 2.31 bits per heavy atom. The van der Waals surface area contributed by atoms with E-state index in [1.807, 2.05) is 84.9 Å². The summed E-state index contributed by atoms with van der Waals surface area (Å²) in [5, 5.41) is 24.5. The number of carbonyl (C=O) groups is 3. The van der Waals surface area contributed by atoms with Gasteiger partial charge in [0.15, 0.2) is 6.29 Å². The van der Waals surface area contributed by atoms with Crippen LogP contribution in [0, 0.1) is 0 Å². The fourth-order valence-electron chi connectivity index (χ4n) is 7.87. The molecule has 3 fully saturated rings. The summed E-state index contributed by atoms with van der Waals surface area (Å²) in [6.45, 7) is 3.08. The molecule has 3 unspecified atom stereocenters. The van der Waals surface area contributed by atoms with E-state index in [1.165, 1.54) is 0 Å². The Morgan fingerprint density at radius 2 is 1.57 bits per heavy atom. The Kier molecular flexibility index (Phi) is 11.7. The number of nitrogens with zero attached hydrogens (tertiary/aromatic N) is 2. The SMILES string of the molecule is O=C(O)CCCC(=O)NCc1cccc(-c2cccc(C3OC(CN4CCC5(CC4)C(=O)NCN5c4ccccc4)CC(c4ccc(CO)cc4)O3)c2)c1. The van der Waals surface area contributed by atoms with Gasteiger partial charge in [0, 0.05) is 56.7 Å². The van der Waals surface area contributed by atoms with E-state index in [1.54, 1.807) is 0 Å². The predicted molar refractivity (Wildman–Crippen MR) is 204 cm³/mol. The first-order valence-corrected chi connectivity index (χ1v) is 18.8. The number of amides is 2. The lowest BCUT2D eigenvalue weighted by atomic mass is 9.85. The maximum atomic E-state index is 13.3. The number of ether oxygens (including phenoxy) is 2. The van der Waals surface area contributed by atoms with Crippen LogP contribution >= 0.6 is 0 Å². The number of carbonyl (C=O) groups excluding carboxylic acids is 2. The van der Waals surface area contributed by atoms with E-state index < -0.39 is 17.8 Å². The molecule has 3 atom stereocenters. The summed E-state index contributed by atoms with van der Waals surface area (Å²) in [4.78, 5) is 41.0. The number of nitrogens with one attached hydrogen (secondary N) is 2. The van der Waals surface area contributed by atoms with Crippen LogP contribution in [0.15, 0.2) is 103 Å². The highest BCUT2D eigenvalue weighted by atomic mass is 16.7. The molecule has 0 aromatic heterocycles. The second-order valence-electron chi connectivity index (χ2n) is 14.5. The van der Waals surface area contributed by atoms with Crippen molar-refractivity contribution in [3.63, 3.8) is 0 Å². The number of rotatable bonds is 13. The summed E-state index contributed by atoms with van der Waals surface area (Å²) < 4.78 is 13.4. The van der Waals surface area contributed by atoms with Gasteiger partial charge in [-0.2, -0.15) is 0 Å². The van der Waals surface area contributed by atoms with Crippen molar-refractivity contribution >= 4 is 23.5 Å². The second-order valence-corrected chi connectivity index (χ2v) is 14.5. The molecule has 0 saturated carbocycles. The molecule has 4 aromatic carbocycles. The molecule has 4 N–H and O–H groups in total. The minimum Gasteiger partial charge on any atom is -0.481 e. The first-order chi connectivity index (χ1) is 26.3. The van der Waals surface area contributed by atoms with Crippen LogP contribution in [0.4, 0.5) is 5.69 Å². The smallest absolute Gasteiger partial charge is 0.303 e. The van der Waals surface area contributed by atoms with E-state index in [2.05, 4.69) is 38.6 Å². The standard InChI is InChI=1S/C43H48N4O7/c48-28-30-15-17-32(18-16-30)38-25-37(27-46-21-19-43(20-22-46)42(52)45-29-47(43)36-11-2-1-3-12-36)53-41(54-38)35-10-5-9-34(24-35)33-8-4-7-31(23-33)26-44-39(49)13-6-14-40(50)51/h1-5,7-12,15-18,23-24,37-38,41,48H,6,13-14,19-22,25-29H2,(H,44,49)(H,45,52)(H,50,51). The van der Waals surface area contributed by atoms with Crippen LogP contribution in [-0.4, -0.2) is 70.8 Å². The van der Waals surface area contributed by atoms with Gasteiger partial charge in [0.1, 0.15) is 5.54 Å². The molecule has 4 aromatic rings. The highest BCUT2D eigenvalue weighted by Crippen LogP contribution is 2.41. The van der Waals surface area contributed by atoms with Gasteiger partial charge in [-0.25, -0.2) is 0 Å². The Hall–Kier alpha value is -5.07. The molecule has 0 radical (unpaired) electrons. The third-order valence-corrected chi connectivity index (χ3v) is 10.9. The number of anilines is 1. The minimum atomic E-state index is -0.906. The van der Waals surface area contributed by atoms with Gasteiger partial charge in [0.2, 0.25) is 11.8 Å². The molecule has 11 heteroatoms. The number of piperidine rings is 1. The third kappa shape index (κ3) is 8.66. The predicted octanol–water partition coefficient (Wildman–Crippen LogP) is 5.69. The lowest BCUT2D eigenvalue weighted by molar-refractivity contribution is -0.253. The van der Waals surface area contributed by atoms with Gasteiger partial charge in [-0.1, -0.05) is 78.9 Å². The maximum Gasteiger partial charge on any atom is 0.303 e. The van der Waals surface area contributed by atoms with Crippen molar-refractivity contribution in [3.05, 3.63) is 125 Å². The van der Waals surface area contributed by atoms with Crippen LogP contribution in [0.25, 0.3) is 11.1 Å². The van der Waals surface area contributed by atoms with Crippen LogP contribution in [0.2, 0.25) is 0 Å². The van der Waals surface area contributed by atoms with Crippen LogP contribution in [-0.2, 0) is 37.0 Å². The van der Waals surface area contributed by atoms with Gasteiger partial charge < -0.3 is 40.1 Å². The summed E-state index contributed by atoms with van der Waals surface area (Å²) in [5.74, 6) is -0.980. The van der Waals surface area contributed by atoms with E-state index >= 15 is 0 Å². The van der Waals surface area contributed by atoms with Gasteiger partial charge >= 0.3 is 5.97 Å². The summed E-state index contributed by atoms with van der Waals surface area (Å²) in [7, 11) is 0. The molecule has 3 aliphatic rings. The second kappa shape index (κ2) is 16.9. The number of hydrogen-bond acceptors (Lipinski definition) is 8. The van der Waals surface area contributed by atoms with E-state index in [9.17, 15) is 19.5 Å². The van der Waals surface area contributed by atoms with Crippen LogP contribution in [0.3, 0.4) is 0 Å². The molecule has 3 heterocycles. The minimum absolute atomic E-state index is 0.0243. The molecular weight excluding hydrogens is 684 g/mol. The molecule has 3 aliphatic heterocycles. The molecular formula is C43H48N4O7. The number of carboxylic acids is 1. The Labute approximate surface area is 315 Å². The number of aliphatic hydroxyl groups excluding tert-OH is 1. The van der Waals surface area contributed by atoms with Crippen LogP contribution in [0.1, 0.15) is 73.2 Å². The quantitative estimate of drug-likeness (QED) is 0.137. The lowest BCUT2D eigenvalue weighted by Gasteiger charge is -2.45. The average Bonchev–Trinajstić information content (AvgIpc) is 3.52. The van der Waals surface area contributed by atoms with E-state index in [-0.39, 0.29) is 43.5 Å². The van der Waals surface area contributed by atoms with Gasteiger partial charge in [0.25, 0.3) is 0 Å². The van der Waals surface area contributed by atoms with Crippen LogP contribution < -0.4 is 15.5 Å². The number of likely N-dealkylation sites (tertiary alicyclic amines) is 1. The van der Waals surface area contributed by atoms with Crippen molar-refractivity contribution in [2.45, 2.75) is 75.7 Å². The third-order valence-electron chi connectivity index (χ3n) is 10.9. The summed E-state index contributed by atoms with van der Waals surface area (Å²) >= 11 is 0. The molecule has 1 spiro atoms. The van der Waals surface area contributed by atoms with Gasteiger partial charge in [-0.3, -0.25) is 14.4 Å². The van der Waals surface area contributed by atoms with Gasteiger partial charge in [0.05, 0.1) is 25.5 Å². The lowest BCUT2D eigenvalue weighted by Crippen LogP contribution is -2.57. The highest BCUT2D eigenvalue weighted by molar-refractivity contribution is 5.93. The van der Waals surface area contributed by atoms with Gasteiger partial charge in [-0.15, -0.1) is 0 Å². The van der Waals surface area contributed by atoms with Crippen molar-refractivity contribution in [3.8, 4) is 11.1 Å². The molecule has 0 aliphatic carbocycles. The number of aliphatic hydroxyl groups is 1. The highest BCUT2D eigenvalue weighted by Gasteiger charge is 2.50. The maximum absolute atomic E-state index is 13.3. The molecule has 282 valence electrons. The van der Waals surface area contributed by atoms with Crippen molar-refractivity contribution in [1.29, 1.82) is 0 Å². The molecule has 54 heavy (non-hydrogen) atoms. The van der Waals surface area contributed by atoms with E-state index in [0.29, 0.717) is 32.6 Å². The monoisotopic (exact) mass is 732 g/mol. The Bertz CT molecular complexity index is 1910. The van der Waals surface area contributed by atoms with E-state index in [0.717, 1.165) is 65.0 Å². The van der Waals surface area contributed by atoms with E-state index in [4.69, 9.17) is 14.6 Å². The van der Waals surface area contributed by atoms with Crippen molar-refractivity contribution in [2.24, 2.45) is 0 Å². The molecule has 0 bridgehead atoms. The zero-order valence-electron chi connectivity index (χ0n) is 30.4. The van der Waals surface area contributed by atoms with Crippen LogP contribution in [0.5, 0.6) is 0 Å². The topological polar surface area (TPSA) is 141 Å². The number of carboxylic acid groups (broad SMARTS) is 1. The molecule has 7 rings (SSSR count). The fraction of sp³-hybridized carbons (Fsp3) is 0.372. The Balaban J connectivity index is 1.05. The van der Waals surface area contributed by atoms with Crippen molar-refractivity contribution in [1.82, 2.24) is 15.5 Å².